The summed E-state index contributed by atoms with van der Waals surface area (Å²) >= 11 is 1.16. The number of aliphatic hydroxyl groups excluding tert-OH is 1. The van der Waals surface area contributed by atoms with Gasteiger partial charge in [0.2, 0.25) is 5.91 Å². The van der Waals surface area contributed by atoms with E-state index >= 15 is 0 Å². The van der Waals surface area contributed by atoms with Crippen LogP contribution in [0, 0.1) is 5.82 Å². The fourth-order valence-electron chi connectivity index (χ4n) is 4.46. The SMILES string of the molecule is C[C@]1(C(N)=O)COc2c1cc(C(CNC(=O)c1ccc3nc(CO)sc3c1)C(F)(F)F)nc2-c1ccc(F)cc1. The van der Waals surface area contributed by atoms with Crippen molar-refractivity contribution in [2.24, 2.45) is 5.73 Å². The number of primary amides is 1. The lowest BCUT2D eigenvalue weighted by atomic mass is 9.82. The zero-order valence-electron chi connectivity index (χ0n) is 20.9. The lowest BCUT2D eigenvalue weighted by Crippen LogP contribution is -2.40. The number of hydrogen-bond acceptors (Lipinski definition) is 7. The van der Waals surface area contributed by atoms with Gasteiger partial charge in [0.15, 0.2) is 0 Å². The van der Waals surface area contributed by atoms with E-state index in [4.69, 9.17) is 10.5 Å². The number of hydrogen-bond donors (Lipinski definition) is 3. The highest BCUT2D eigenvalue weighted by molar-refractivity contribution is 7.18. The van der Waals surface area contributed by atoms with Gasteiger partial charge in [-0.1, -0.05) is 0 Å². The van der Waals surface area contributed by atoms with Gasteiger partial charge in [-0.15, -0.1) is 11.3 Å². The van der Waals surface area contributed by atoms with Crippen molar-refractivity contribution in [2.75, 3.05) is 13.2 Å². The fourth-order valence-corrected chi connectivity index (χ4v) is 5.32. The summed E-state index contributed by atoms with van der Waals surface area (Å²) in [6.07, 6.45) is -4.84. The molecule has 4 N–H and O–H groups in total. The van der Waals surface area contributed by atoms with Gasteiger partial charge in [0.1, 0.15) is 40.2 Å². The lowest BCUT2D eigenvalue weighted by Gasteiger charge is -2.24. The number of aliphatic hydroxyl groups is 1. The third-order valence-corrected chi connectivity index (χ3v) is 7.81. The molecule has 13 heteroatoms. The second kappa shape index (κ2) is 10.1. The van der Waals surface area contributed by atoms with Crippen molar-refractivity contribution in [1.82, 2.24) is 15.3 Å². The second-order valence-electron chi connectivity index (χ2n) is 9.52. The number of fused-ring (bicyclic) bond motifs is 2. The molecule has 8 nitrogen and oxygen atoms in total. The number of benzene rings is 2. The molecule has 0 saturated heterocycles. The Hall–Kier alpha value is -4.10. The van der Waals surface area contributed by atoms with Gasteiger partial charge in [-0.05, 0) is 55.5 Å². The van der Waals surface area contributed by atoms with Crippen molar-refractivity contribution in [1.29, 1.82) is 0 Å². The number of pyridine rings is 1. The summed E-state index contributed by atoms with van der Waals surface area (Å²) in [6, 6.07) is 10.5. The molecule has 3 heterocycles. The molecular weight excluding hydrogens is 552 g/mol. The molecule has 0 spiro atoms. The number of nitrogens with one attached hydrogen (secondary N) is 1. The van der Waals surface area contributed by atoms with Crippen LogP contribution in [0.4, 0.5) is 17.6 Å². The van der Waals surface area contributed by atoms with E-state index < -0.39 is 47.4 Å². The minimum absolute atomic E-state index is 0.00612. The molecule has 0 fully saturated rings. The quantitative estimate of drug-likeness (QED) is 0.284. The molecule has 1 aliphatic heterocycles. The number of thiazole rings is 1. The number of nitrogens with two attached hydrogens (primary N) is 1. The first kappa shape index (κ1) is 27.5. The third kappa shape index (κ3) is 4.97. The van der Waals surface area contributed by atoms with Gasteiger partial charge in [0.05, 0.1) is 22.5 Å². The molecule has 0 radical (unpaired) electrons. The first-order valence-electron chi connectivity index (χ1n) is 12.0. The lowest BCUT2D eigenvalue weighted by molar-refractivity contribution is -0.149. The molecular formula is C27H22F4N4O4S. The molecule has 0 bridgehead atoms. The fraction of sp³-hybridized carbons (Fsp3) is 0.259. The van der Waals surface area contributed by atoms with Gasteiger partial charge in [0.25, 0.3) is 5.91 Å². The molecule has 2 aromatic carbocycles. The van der Waals surface area contributed by atoms with Crippen molar-refractivity contribution >= 4 is 33.4 Å². The van der Waals surface area contributed by atoms with E-state index in [0.29, 0.717) is 15.2 Å². The van der Waals surface area contributed by atoms with Crippen LogP contribution in [0.5, 0.6) is 5.75 Å². The molecule has 5 rings (SSSR count). The van der Waals surface area contributed by atoms with Crippen LogP contribution in [0.3, 0.4) is 0 Å². The summed E-state index contributed by atoms with van der Waals surface area (Å²) in [5.41, 5.74) is 4.76. The number of rotatable bonds is 7. The van der Waals surface area contributed by atoms with Gasteiger partial charge in [0, 0.05) is 23.2 Å². The predicted octanol–water partition coefficient (Wildman–Crippen LogP) is 4.20. The molecule has 0 saturated carbocycles. The molecule has 2 aromatic heterocycles. The predicted molar refractivity (Wildman–Crippen MR) is 138 cm³/mol. The largest absolute Gasteiger partial charge is 0.489 e. The number of carbonyl (C=O) groups excluding carboxylic acids is 2. The standard InChI is InChI=1S/C27H22F4N4O4S/c1-26(25(32)38)12-39-23-16(26)9-19(35-22(23)13-2-5-15(28)6-3-13)17(27(29,30)31)10-33-24(37)14-4-7-18-20(8-14)40-21(11-36)34-18/h2-9,17,36H,10-12H2,1H3,(H2,32,38)(H,33,37)/t17?,26-/m0/s1. The average Bonchev–Trinajstić information content (AvgIpc) is 3.49. The molecule has 1 aliphatic rings. The number of nitrogens with zero attached hydrogens (tertiary/aromatic N) is 2. The van der Waals surface area contributed by atoms with Crippen molar-refractivity contribution < 1.29 is 37.0 Å². The Morgan fingerprint density at radius 3 is 2.55 bits per heavy atom. The van der Waals surface area contributed by atoms with Crippen LogP contribution >= 0.6 is 11.3 Å². The van der Waals surface area contributed by atoms with Crippen LogP contribution in [0.15, 0.2) is 48.5 Å². The van der Waals surface area contributed by atoms with Crippen LogP contribution in [-0.4, -0.2) is 46.2 Å². The van der Waals surface area contributed by atoms with Crippen molar-refractivity contribution in [3.8, 4) is 17.0 Å². The van der Waals surface area contributed by atoms with Crippen molar-refractivity contribution in [3.05, 3.63) is 76.2 Å². The highest BCUT2D eigenvalue weighted by Gasteiger charge is 2.47. The van der Waals surface area contributed by atoms with E-state index in [1.165, 1.54) is 31.2 Å². The Morgan fingerprint density at radius 1 is 1.18 bits per heavy atom. The summed E-state index contributed by atoms with van der Waals surface area (Å²) in [4.78, 5) is 33.6. The number of ether oxygens (including phenoxy) is 1. The highest BCUT2D eigenvalue weighted by Crippen LogP contribution is 2.46. The smallest absolute Gasteiger partial charge is 0.398 e. The second-order valence-corrected chi connectivity index (χ2v) is 10.6. The Kier molecular flexibility index (Phi) is 6.96. The number of amides is 2. The third-order valence-electron chi connectivity index (χ3n) is 6.80. The molecule has 2 amide bonds. The topological polar surface area (TPSA) is 127 Å². The zero-order chi connectivity index (χ0) is 28.8. The number of halogens is 4. The van der Waals surface area contributed by atoms with Gasteiger partial charge < -0.3 is 20.9 Å². The number of alkyl halides is 3. The molecule has 1 unspecified atom stereocenters. The Bertz CT molecular complexity index is 1620. The van der Waals surface area contributed by atoms with E-state index in [1.54, 1.807) is 6.07 Å². The van der Waals surface area contributed by atoms with Crippen molar-refractivity contribution in [2.45, 2.75) is 31.0 Å². The monoisotopic (exact) mass is 574 g/mol. The van der Waals surface area contributed by atoms with E-state index in [0.717, 1.165) is 29.5 Å². The number of aromatic nitrogens is 2. The van der Waals surface area contributed by atoms with Crippen LogP contribution in [0.2, 0.25) is 0 Å². The van der Waals surface area contributed by atoms with Gasteiger partial charge in [-0.3, -0.25) is 9.59 Å². The van der Waals surface area contributed by atoms with Gasteiger partial charge >= 0.3 is 6.18 Å². The zero-order valence-corrected chi connectivity index (χ0v) is 21.7. The average molecular weight is 575 g/mol. The summed E-state index contributed by atoms with van der Waals surface area (Å²) in [6.45, 7) is 0.124. The normalized spacial score (nSPS) is 17.4. The summed E-state index contributed by atoms with van der Waals surface area (Å²) in [7, 11) is 0. The van der Waals surface area contributed by atoms with E-state index in [9.17, 15) is 32.3 Å². The molecule has 40 heavy (non-hydrogen) atoms. The first-order valence-corrected chi connectivity index (χ1v) is 12.8. The molecule has 2 atom stereocenters. The number of carbonyl (C=O) groups is 2. The van der Waals surface area contributed by atoms with Gasteiger partial charge in [-0.2, -0.15) is 13.2 Å². The van der Waals surface area contributed by atoms with E-state index in [2.05, 4.69) is 15.3 Å². The molecule has 208 valence electrons. The first-order chi connectivity index (χ1) is 18.9. The van der Waals surface area contributed by atoms with Gasteiger partial charge in [-0.25, -0.2) is 14.4 Å². The summed E-state index contributed by atoms with van der Waals surface area (Å²) < 4.78 is 63.1. The minimum Gasteiger partial charge on any atom is -0.489 e. The van der Waals surface area contributed by atoms with Crippen LogP contribution < -0.4 is 15.8 Å². The minimum atomic E-state index is -4.84. The Balaban J connectivity index is 1.52. The van der Waals surface area contributed by atoms with Crippen LogP contribution in [-0.2, 0) is 16.8 Å². The Labute approximate surface area is 228 Å². The van der Waals surface area contributed by atoms with Crippen molar-refractivity contribution in [3.63, 3.8) is 0 Å². The maximum Gasteiger partial charge on any atom is 0.398 e. The van der Waals surface area contributed by atoms with E-state index in [-0.39, 0.29) is 41.3 Å². The van der Waals surface area contributed by atoms with Crippen LogP contribution in [0.1, 0.15) is 39.5 Å². The summed E-state index contributed by atoms with van der Waals surface area (Å²) in [5, 5.41) is 12.1. The maximum atomic E-state index is 14.4. The maximum absolute atomic E-state index is 14.4. The van der Waals surface area contributed by atoms with Crippen LogP contribution in [0.25, 0.3) is 21.5 Å². The Morgan fingerprint density at radius 2 is 1.90 bits per heavy atom. The summed E-state index contributed by atoms with van der Waals surface area (Å²) in [5.74, 6) is -4.28. The molecule has 0 aliphatic carbocycles. The highest BCUT2D eigenvalue weighted by atomic mass is 32.1. The molecule has 4 aromatic rings. The van der Waals surface area contributed by atoms with E-state index in [1.807, 2.05) is 0 Å².